The van der Waals surface area contributed by atoms with Crippen LogP contribution in [0.3, 0.4) is 0 Å². The minimum atomic E-state index is -3.57. The highest BCUT2D eigenvalue weighted by atomic mass is 32.2. The summed E-state index contributed by atoms with van der Waals surface area (Å²) in [6.45, 7) is 3.54. The van der Waals surface area contributed by atoms with Crippen molar-refractivity contribution in [2.45, 2.75) is 31.1 Å². The summed E-state index contributed by atoms with van der Waals surface area (Å²) in [5.74, 6) is 0.367. The van der Waals surface area contributed by atoms with Gasteiger partial charge in [0.25, 0.3) is 5.91 Å². The van der Waals surface area contributed by atoms with Gasteiger partial charge in [0.1, 0.15) is 16.3 Å². The van der Waals surface area contributed by atoms with E-state index in [1.54, 1.807) is 35.9 Å². The number of sulfonamides is 1. The molecule has 1 saturated heterocycles. The maximum atomic E-state index is 12.8. The number of nitrogens with one attached hydrogen (secondary N) is 1. The minimum absolute atomic E-state index is 0.156. The quantitative estimate of drug-likeness (QED) is 0.821. The van der Waals surface area contributed by atoms with E-state index in [4.69, 9.17) is 4.74 Å². The number of carbonyl (C=O) groups excluding carboxylic acids is 1. The van der Waals surface area contributed by atoms with E-state index in [0.29, 0.717) is 31.1 Å². The molecule has 1 fully saturated rings. The minimum Gasteiger partial charge on any atom is -0.494 e. The molecular weight excluding hydrogens is 366 g/mol. The Morgan fingerprint density at radius 2 is 1.81 bits per heavy atom. The molecule has 0 aliphatic carbocycles. The zero-order valence-corrected chi connectivity index (χ0v) is 16.5. The highest BCUT2D eigenvalue weighted by molar-refractivity contribution is 7.89. The van der Waals surface area contributed by atoms with E-state index >= 15 is 0 Å². The van der Waals surface area contributed by atoms with Crippen LogP contribution in [-0.4, -0.2) is 42.9 Å². The first-order valence-corrected chi connectivity index (χ1v) is 10.6. The van der Waals surface area contributed by atoms with Crippen molar-refractivity contribution in [2.75, 3.05) is 25.0 Å². The highest BCUT2D eigenvalue weighted by Crippen LogP contribution is 2.23. The van der Waals surface area contributed by atoms with Crippen LogP contribution in [0.1, 0.15) is 36.7 Å². The van der Waals surface area contributed by atoms with Crippen LogP contribution in [0.15, 0.2) is 41.4 Å². The molecule has 0 spiro atoms. The molecule has 2 heterocycles. The van der Waals surface area contributed by atoms with Crippen LogP contribution in [0.25, 0.3) is 0 Å². The van der Waals surface area contributed by atoms with E-state index in [9.17, 15) is 13.2 Å². The summed E-state index contributed by atoms with van der Waals surface area (Å²) >= 11 is 0. The molecule has 0 atom stereocenters. The van der Waals surface area contributed by atoms with Gasteiger partial charge in [0.2, 0.25) is 10.0 Å². The topological polar surface area (TPSA) is 80.6 Å². The van der Waals surface area contributed by atoms with Gasteiger partial charge in [-0.05, 0) is 50.1 Å². The first-order valence-electron chi connectivity index (χ1n) is 9.12. The van der Waals surface area contributed by atoms with Crippen LogP contribution in [0, 0.1) is 0 Å². The lowest BCUT2D eigenvalue weighted by Gasteiger charge is -2.25. The van der Waals surface area contributed by atoms with Gasteiger partial charge in [-0.15, -0.1) is 0 Å². The zero-order valence-electron chi connectivity index (χ0n) is 15.6. The van der Waals surface area contributed by atoms with E-state index in [2.05, 4.69) is 5.32 Å². The third-order valence-corrected chi connectivity index (χ3v) is 6.45. The van der Waals surface area contributed by atoms with Gasteiger partial charge in [-0.25, -0.2) is 8.42 Å². The van der Waals surface area contributed by atoms with Crippen LogP contribution >= 0.6 is 0 Å². The molecule has 1 amide bonds. The number of aromatic nitrogens is 1. The van der Waals surface area contributed by atoms with Gasteiger partial charge in [0, 0.05) is 32.0 Å². The predicted molar refractivity (Wildman–Crippen MR) is 104 cm³/mol. The van der Waals surface area contributed by atoms with Crippen LogP contribution in [-0.2, 0) is 17.1 Å². The summed E-state index contributed by atoms with van der Waals surface area (Å²) < 4.78 is 34.0. The molecule has 1 aliphatic heterocycles. The molecule has 8 heteroatoms. The lowest BCUT2D eigenvalue weighted by molar-refractivity contribution is 0.101. The number of rotatable bonds is 6. The average Bonchev–Trinajstić information content (AvgIpc) is 3.07. The summed E-state index contributed by atoms with van der Waals surface area (Å²) in [5, 5.41) is 2.79. The second-order valence-corrected chi connectivity index (χ2v) is 8.49. The molecule has 2 aromatic rings. The van der Waals surface area contributed by atoms with E-state index in [0.717, 1.165) is 25.0 Å². The maximum absolute atomic E-state index is 12.8. The van der Waals surface area contributed by atoms with Gasteiger partial charge >= 0.3 is 0 Å². The monoisotopic (exact) mass is 391 g/mol. The Morgan fingerprint density at radius 3 is 2.44 bits per heavy atom. The fraction of sp³-hybridized carbons (Fsp3) is 0.421. The summed E-state index contributed by atoms with van der Waals surface area (Å²) in [4.78, 5) is 12.7. The number of piperidine rings is 1. The number of nitrogens with zero attached hydrogens (tertiary/aromatic N) is 2. The van der Waals surface area contributed by atoms with Gasteiger partial charge < -0.3 is 14.6 Å². The average molecular weight is 391 g/mol. The van der Waals surface area contributed by atoms with E-state index in [1.807, 2.05) is 6.92 Å². The van der Waals surface area contributed by atoms with Crippen molar-refractivity contribution >= 4 is 21.6 Å². The molecule has 7 nitrogen and oxygen atoms in total. The van der Waals surface area contributed by atoms with Gasteiger partial charge in [-0.3, -0.25) is 4.79 Å². The normalized spacial score (nSPS) is 15.5. The molecule has 1 N–H and O–H groups in total. The molecule has 1 aromatic carbocycles. The molecule has 27 heavy (non-hydrogen) atoms. The second-order valence-electron chi connectivity index (χ2n) is 6.55. The Balaban J connectivity index is 1.76. The fourth-order valence-corrected chi connectivity index (χ4v) is 4.74. The number of anilines is 1. The van der Waals surface area contributed by atoms with Gasteiger partial charge in [-0.2, -0.15) is 4.31 Å². The van der Waals surface area contributed by atoms with Crippen LogP contribution < -0.4 is 10.1 Å². The molecule has 0 unspecified atom stereocenters. The lowest BCUT2D eigenvalue weighted by atomic mass is 10.2. The van der Waals surface area contributed by atoms with Crippen molar-refractivity contribution in [3.8, 4) is 5.75 Å². The Kier molecular flexibility index (Phi) is 5.86. The highest BCUT2D eigenvalue weighted by Gasteiger charge is 2.28. The van der Waals surface area contributed by atoms with Crippen molar-refractivity contribution in [1.29, 1.82) is 0 Å². The number of aryl methyl sites for hydroxylation is 1. The van der Waals surface area contributed by atoms with Crippen molar-refractivity contribution in [1.82, 2.24) is 8.87 Å². The zero-order chi connectivity index (χ0) is 19.4. The molecule has 3 rings (SSSR count). The second kappa shape index (κ2) is 8.14. The van der Waals surface area contributed by atoms with Crippen molar-refractivity contribution < 1.29 is 17.9 Å². The summed E-state index contributed by atoms with van der Waals surface area (Å²) in [5.41, 5.74) is 0.907. The fourth-order valence-electron chi connectivity index (χ4n) is 3.15. The Bertz CT molecular complexity index is 898. The Hall–Kier alpha value is -2.32. The predicted octanol–water partition coefficient (Wildman–Crippen LogP) is 2.85. The number of hydrogen-bond donors (Lipinski definition) is 1. The van der Waals surface area contributed by atoms with Gasteiger partial charge in [-0.1, -0.05) is 6.42 Å². The Labute approximate surface area is 160 Å². The van der Waals surface area contributed by atoms with Crippen LogP contribution in [0.4, 0.5) is 5.69 Å². The van der Waals surface area contributed by atoms with Gasteiger partial charge in [0.15, 0.2) is 0 Å². The standard InChI is InChI=1S/C19H25N3O4S/c1-3-26-16-9-7-15(8-10-16)20-19(23)18-13-17(14-21(18)2)27(24,25)22-11-5-4-6-12-22/h7-10,13-14H,3-6,11-12H2,1-2H3,(H,20,23). The van der Waals surface area contributed by atoms with Crippen LogP contribution in [0.2, 0.25) is 0 Å². The molecule has 0 radical (unpaired) electrons. The van der Waals surface area contributed by atoms with Crippen molar-refractivity contribution in [3.05, 3.63) is 42.2 Å². The Morgan fingerprint density at radius 1 is 1.15 bits per heavy atom. The third kappa shape index (κ3) is 4.33. The first kappa shape index (κ1) is 19.4. The smallest absolute Gasteiger partial charge is 0.272 e. The summed E-state index contributed by atoms with van der Waals surface area (Å²) in [7, 11) is -1.90. The van der Waals surface area contributed by atoms with Gasteiger partial charge in [0.05, 0.1) is 6.61 Å². The molecule has 0 saturated carbocycles. The largest absolute Gasteiger partial charge is 0.494 e. The number of benzene rings is 1. The summed E-state index contributed by atoms with van der Waals surface area (Å²) in [6, 6.07) is 8.48. The SMILES string of the molecule is CCOc1ccc(NC(=O)c2cc(S(=O)(=O)N3CCCCC3)cn2C)cc1. The molecule has 1 aliphatic rings. The van der Waals surface area contributed by atoms with Crippen molar-refractivity contribution in [3.63, 3.8) is 0 Å². The number of ether oxygens (including phenoxy) is 1. The van der Waals surface area contributed by atoms with E-state index in [1.165, 1.54) is 16.6 Å². The molecule has 146 valence electrons. The lowest BCUT2D eigenvalue weighted by Crippen LogP contribution is -2.35. The molecule has 1 aromatic heterocycles. The van der Waals surface area contributed by atoms with Crippen molar-refractivity contribution in [2.24, 2.45) is 7.05 Å². The van der Waals surface area contributed by atoms with E-state index < -0.39 is 10.0 Å². The van der Waals surface area contributed by atoms with Crippen LogP contribution in [0.5, 0.6) is 5.75 Å². The molecule has 0 bridgehead atoms. The summed E-state index contributed by atoms with van der Waals surface area (Å²) in [6.07, 6.45) is 4.29. The number of amides is 1. The third-order valence-electron chi connectivity index (χ3n) is 4.59. The number of carbonyl (C=O) groups is 1. The number of hydrogen-bond acceptors (Lipinski definition) is 4. The molecular formula is C19H25N3O4S. The first-order chi connectivity index (χ1) is 12.9. The maximum Gasteiger partial charge on any atom is 0.272 e. The van der Waals surface area contributed by atoms with E-state index in [-0.39, 0.29) is 10.8 Å².